The Kier molecular flexibility index (Phi) is 4.36. The number of H-pyrrole nitrogens is 1. The average Bonchev–Trinajstić information content (AvgIpc) is 3.17. The molecule has 0 bridgehead atoms. The van der Waals surface area contributed by atoms with Crippen LogP contribution in [0.3, 0.4) is 0 Å². The summed E-state index contributed by atoms with van der Waals surface area (Å²) in [5.41, 5.74) is 2.67. The van der Waals surface area contributed by atoms with E-state index < -0.39 is 11.6 Å². The topological polar surface area (TPSA) is 74.3 Å². The lowest BCUT2D eigenvalue weighted by Crippen LogP contribution is -2.43. The number of imidazole rings is 1. The number of benzene rings is 2. The lowest BCUT2D eigenvalue weighted by Gasteiger charge is -2.37. The van der Waals surface area contributed by atoms with Gasteiger partial charge in [0.15, 0.2) is 11.6 Å². The van der Waals surface area contributed by atoms with Crippen molar-refractivity contribution in [3.8, 4) is 17.1 Å². The van der Waals surface area contributed by atoms with Gasteiger partial charge in [0.05, 0.1) is 29.4 Å². The Hall–Kier alpha value is -3.52. The summed E-state index contributed by atoms with van der Waals surface area (Å²) >= 11 is 0. The maximum atomic E-state index is 14.1. The number of aromatic amines is 1. The Morgan fingerprint density at radius 2 is 2.10 bits per heavy atom. The molecule has 0 radical (unpaired) electrons. The van der Waals surface area contributed by atoms with Gasteiger partial charge >= 0.3 is 0 Å². The van der Waals surface area contributed by atoms with Crippen molar-refractivity contribution in [3.63, 3.8) is 0 Å². The van der Waals surface area contributed by atoms with E-state index in [1.807, 2.05) is 36.1 Å². The van der Waals surface area contributed by atoms with Crippen LogP contribution in [0.2, 0.25) is 0 Å². The van der Waals surface area contributed by atoms with Gasteiger partial charge in [-0.15, -0.1) is 0 Å². The number of aliphatic hydroxyl groups excluding tert-OH is 1. The number of nitrogens with zero attached hydrogens (tertiary/aromatic N) is 3. The number of anilines is 2. The van der Waals surface area contributed by atoms with Crippen LogP contribution in [0.4, 0.5) is 20.3 Å². The molecular formula is C22H18F2N4O2. The van der Waals surface area contributed by atoms with Crippen LogP contribution in [0, 0.1) is 18.6 Å². The van der Waals surface area contributed by atoms with Crippen molar-refractivity contribution in [1.29, 1.82) is 0 Å². The second-order valence-corrected chi connectivity index (χ2v) is 7.23. The molecule has 4 aromatic rings. The molecule has 0 saturated heterocycles. The van der Waals surface area contributed by atoms with Crippen LogP contribution in [0.25, 0.3) is 22.4 Å². The molecule has 152 valence electrons. The minimum Gasteiger partial charge on any atom is -0.488 e. The van der Waals surface area contributed by atoms with Crippen molar-refractivity contribution in [2.45, 2.75) is 13.0 Å². The first-order valence-electron chi connectivity index (χ1n) is 9.49. The summed E-state index contributed by atoms with van der Waals surface area (Å²) in [6, 6.07) is 11.0. The number of aliphatic hydroxyl groups is 1. The number of pyridine rings is 1. The molecule has 1 atom stereocenters. The van der Waals surface area contributed by atoms with Gasteiger partial charge < -0.3 is 19.7 Å². The van der Waals surface area contributed by atoms with Gasteiger partial charge in [-0.25, -0.2) is 18.7 Å². The summed E-state index contributed by atoms with van der Waals surface area (Å²) in [5.74, 6) is 0.169. The van der Waals surface area contributed by atoms with Crippen LogP contribution >= 0.6 is 0 Å². The number of halogens is 2. The Morgan fingerprint density at radius 1 is 1.23 bits per heavy atom. The van der Waals surface area contributed by atoms with E-state index in [2.05, 4.69) is 15.0 Å². The van der Waals surface area contributed by atoms with Crippen LogP contribution in [0.5, 0.6) is 5.75 Å². The average molecular weight is 408 g/mol. The van der Waals surface area contributed by atoms with Gasteiger partial charge in [0.2, 0.25) is 0 Å². The molecule has 0 amide bonds. The zero-order valence-corrected chi connectivity index (χ0v) is 16.1. The number of para-hydroxylation sites is 1. The third kappa shape index (κ3) is 2.96. The maximum absolute atomic E-state index is 14.1. The highest BCUT2D eigenvalue weighted by Gasteiger charge is 2.31. The Bertz CT molecular complexity index is 1240. The van der Waals surface area contributed by atoms with Gasteiger partial charge in [-0.3, -0.25) is 0 Å². The summed E-state index contributed by atoms with van der Waals surface area (Å²) in [7, 11) is 0. The van der Waals surface area contributed by atoms with Crippen LogP contribution < -0.4 is 9.64 Å². The van der Waals surface area contributed by atoms with E-state index in [-0.39, 0.29) is 30.3 Å². The molecule has 0 fully saturated rings. The van der Waals surface area contributed by atoms with Crippen LogP contribution in [0.1, 0.15) is 5.56 Å². The molecule has 0 saturated carbocycles. The summed E-state index contributed by atoms with van der Waals surface area (Å²) in [5, 5.41) is 9.90. The molecule has 1 aliphatic rings. The first-order chi connectivity index (χ1) is 14.5. The number of hydrogen-bond donors (Lipinski definition) is 2. The van der Waals surface area contributed by atoms with Crippen LogP contribution in [-0.4, -0.2) is 39.3 Å². The quantitative estimate of drug-likeness (QED) is 0.534. The predicted molar refractivity (Wildman–Crippen MR) is 109 cm³/mol. The van der Waals surface area contributed by atoms with E-state index in [0.717, 1.165) is 11.6 Å². The first kappa shape index (κ1) is 18.5. The summed E-state index contributed by atoms with van der Waals surface area (Å²) < 4.78 is 33.7. The number of rotatable bonds is 3. The number of nitrogens with one attached hydrogen (secondary N) is 1. The first-order valence-corrected chi connectivity index (χ1v) is 9.49. The van der Waals surface area contributed by atoms with Crippen molar-refractivity contribution in [3.05, 3.63) is 65.9 Å². The minimum absolute atomic E-state index is 0.0603. The molecule has 1 aliphatic heterocycles. The number of aryl methyl sites for hydroxylation is 1. The van der Waals surface area contributed by atoms with Crippen molar-refractivity contribution in [2.24, 2.45) is 0 Å². The van der Waals surface area contributed by atoms with E-state index in [9.17, 15) is 13.9 Å². The summed E-state index contributed by atoms with van der Waals surface area (Å²) in [6.45, 7) is 2.07. The third-order valence-corrected chi connectivity index (χ3v) is 5.15. The Morgan fingerprint density at radius 3 is 2.87 bits per heavy atom. The zero-order valence-electron chi connectivity index (χ0n) is 16.1. The Balaban J connectivity index is 1.66. The highest BCUT2D eigenvalue weighted by atomic mass is 19.1. The van der Waals surface area contributed by atoms with Crippen LogP contribution in [-0.2, 0) is 0 Å². The largest absolute Gasteiger partial charge is 0.488 e. The smallest absolute Gasteiger partial charge is 0.154 e. The molecule has 0 unspecified atom stereocenters. The lowest BCUT2D eigenvalue weighted by molar-refractivity contribution is 0.195. The minimum atomic E-state index is -0.732. The molecule has 8 heteroatoms. The van der Waals surface area contributed by atoms with Gasteiger partial charge in [0.25, 0.3) is 0 Å². The van der Waals surface area contributed by atoms with Gasteiger partial charge in [0.1, 0.15) is 29.6 Å². The van der Waals surface area contributed by atoms with Gasteiger partial charge in [-0.05, 0) is 36.8 Å². The van der Waals surface area contributed by atoms with E-state index in [1.165, 1.54) is 6.07 Å². The van der Waals surface area contributed by atoms with Crippen molar-refractivity contribution in [1.82, 2.24) is 15.0 Å². The monoisotopic (exact) mass is 408 g/mol. The second-order valence-electron chi connectivity index (χ2n) is 7.23. The second kappa shape index (κ2) is 7.07. The number of fused-ring (bicyclic) bond motifs is 2. The van der Waals surface area contributed by atoms with E-state index in [1.54, 1.807) is 12.3 Å². The number of ether oxygens (including phenoxy) is 1. The van der Waals surface area contributed by atoms with Gasteiger partial charge in [-0.2, -0.15) is 0 Å². The molecule has 2 aromatic heterocycles. The summed E-state index contributed by atoms with van der Waals surface area (Å²) in [6.07, 6.45) is 1.76. The fourth-order valence-corrected chi connectivity index (χ4v) is 3.72. The highest BCUT2D eigenvalue weighted by Crippen LogP contribution is 2.44. The van der Waals surface area contributed by atoms with E-state index in [4.69, 9.17) is 4.74 Å². The van der Waals surface area contributed by atoms with Gasteiger partial charge in [0, 0.05) is 12.3 Å². The maximum Gasteiger partial charge on any atom is 0.154 e. The van der Waals surface area contributed by atoms with E-state index in [0.29, 0.717) is 28.6 Å². The molecule has 6 nitrogen and oxygen atoms in total. The fraction of sp³-hybridized carbons (Fsp3) is 0.182. The highest BCUT2D eigenvalue weighted by molar-refractivity contribution is 5.85. The lowest BCUT2D eigenvalue weighted by atomic mass is 10.1. The molecule has 30 heavy (non-hydrogen) atoms. The molecule has 3 heterocycles. The standard InChI is InChI=1S/C22H18F2N4O2/c1-12-5-6-19(25-9-12)28-14(10-29)11-30-21-15(3-2-4-18(21)28)22-26-17-8-13(23)7-16(24)20(17)27-22/h2-9,14,29H,10-11H2,1H3,(H,26,27)/t14-/m0/s1. The molecule has 5 rings (SSSR count). The molecule has 0 aliphatic carbocycles. The van der Waals surface area contributed by atoms with E-state index >= 15 is 0 Å². The fourth-order valence-electron chi connectivity index (χ4n) is 3.72. The SMILES string of the molecule is Cc1ccc(N2c3cccc(-c4nc5c(F)cc(F)cc5[nH]4)c3OC[C@@H]2CO)nc1. The molecule has 2 aromatic carbocycles. The van der Waals surface area contributed by atoms with Crippen molar-refractivity contribution in [2.75, 3.05) is 18.1 Å². The molecular weight excluding hydrogens is 390 g/mol. The Labute approximate surface area is 170 Å². The predicted octanol–water partition coefficient (Wildman–Crippen LogP) is 4.10. The molecule has 2 N–H and O–H groups in total. The molecule has 0 spiro atoms. The third-order valence-electron chi connectivity index (χ3n) is 5.15. The van der Waals surface area contributed by atoms with Crippen molar-refractivity contribution < 1.29 is 18.6 Å². The van der Waals surface area contributed by atoms with Crippen molar-refractivity contribution >= 4 is 22.5 Å². The number of aromatic nitrogens is 3. The summed E-state index contributed by atoms with van der Waals surface area (Å²) in [4.78, 5) is 13.7. The zero-order chi connectivity index (χ0) is 20.8. The number of hydrogen-bond acceptors (Lipinski definition) is 5. The van der Waals surface area contributed by atoms with Crippen LogP contribution in [0.15, 0.2) is 48.7 Å². The van der Waals surface area contributed by atoms with Gasteiger partial charge in [-0.1, -0.05) is 12.1 Å². The normalized spacial score (nSPS) is 15.9.